The first-order chi connectivity index (χ1) is 10.5. The van der Waals surface area contributed by atoms with E-state index in [1.165, 1.54) is 6.07 Å². The van der Waals surface area contributed by atoms with E-state index in [2.05, 4.69) is 40.8 Å². The Bertz CT molecular complexity index is 561. The van der Waals surface area contributed by atoms with Crippen LogP contribution in [-0.4, -0.2) is 28.3 Å². The number of anilines is 1. The highest BCUT2D eigenvalue weighted by Gasteiger charge is 2.18. The summed E-state index contributed by atoms with van der Waals surface area (Å²) in [4.78, 5) is 2.19. The molecule has 1 aromatic carbocycles. The van der Waals surface area contributed by atoms with Crippen molar-refractivity contribution in [3.63, 3.8) is 0 Å². The van der Waals surface area contributed by atoms with E-state index < -0.39 is 0 Å². The minimum atomic E-state index is -0.260. The number of nitrogens with zero attached hydrogens (tertiary/aromatic N) is 1. The average molecular weight is 376 g/mol. The summed E-state index contributed by atoms with van der Waals surface area (Å²) in [5, 5.41) is 6.01. The van der Waals surface area contributed by atoms with Gasteiger partial charge in [-0.15, -0.1) is 25.3 Å². The van der Waals surface area contributed by atoms with Crippen molar-refractivity contribution in [1.29, 1.82) is 0 Å². The van der Waals surface area contributed by atoms with E-state index in [4.69, 9.17) is 24.4 Å². The van der Waals surface area contributed by atoms with Crippen LogP contribution in [0.1, 0.15) is 24.4 Å². The monoisotopic (exact) mass is 375 g/mol. The van der Waals surface area contributed by atoms with Gasteiger partial charge < -0.3 is 15.5 Å². The predicted octanol–water partition coefficient (Wildman–Crippen LogP) is 3.08. The maximum atomic E-state index is 14.0. The van der Waals surface area contributed by atoms with Gasteiger partial charge >= 0.3 is 0 Å². The van der Waals surface area contributed by atoms with Gasteiger partial charge in [0.2, 0.25) is 0 Å². The van der Waals surface area contributed by atoms with Gasteiger partial charge in [-0.05, 0) is 36.6 Å². The van der Waals surface area contributed by atoms with Crippen LogP contribution in [0.3, 0.4) is 0 Å². The summed E-state index contributed by atoms with van der Waals surface area (Å²) < 4.78 is 14.7. The molecule has 1 aromatic rings. The van der Waals surface area contributed by atoms with Crippen LogP contribution in [0.4, 0.5) is 10.1 Å². The zero-order valence-corrected chi connectivity index (χ0v) is 15.3. The Morgan fingerprint density at radius 2 is 1.86 bits per heavy atom. The first-order valence-corrected chi connectivity index (χ1v) is 8.68. The van der Waals surface area contributed by atoms with Gasteiger partial charge in [0, 0.05) is 25.3 Å². The van der Waals surface area contributed by atoms with E-state index in [1.54, 1.807) is 6.07 Å². The Balaban J connectivity index is 2.24. The Morgan fingerprint density at radius 1 is 1.18 bits per heavy atom. The molecule has 1 fully saturated rings. The van der Waals surface area contributed by atoms with Crippen LogP contribution < -0.4 is 15.5 Å². The van der Waals surface area contributed by atoms with Crippen molar-refractivity contribution in [2.45, 2.75) is 18.9 Å². The zero-order valence-electron chi connectivity index (χ0n) is 11.9. The van der Waals surface area contributed by atoms with Gasteiger partial charge in [-0.2, -0.15) is 0 Å². The topological polar surface area (TPSA) is 27.3 Å². The SMILES string of the molecule is Fc1cc(C(CNC(=S)S)NC(=S)S)cc(N2CCCC2)c1. The molecule has 1 unspecified atom stereocenters. The van der Waals surface area contributed by atoms with Crippen LogP contribution in [0.5, 0.6) is 0 Å². The Labute approximate surface area is 151 Å². The lowest BCUT2D eigenvalue weighted by Crippen LogP contribution is -2.34. The van der Waals surface area contributed by atoms with E-state index in [0.29, 0.717) is 15.2 Å². The largest absolute Gasteiger partial charge is 0.371 e. The molecule has 3 nitrogen and oxygen atoms in total. The molecule has 0 aliphatic carbocycles. The van der Waals surface area contributed by atoms with Gasteiger partial charge in [-0.25, -0.2) is 4.39 Å². The van der Waals surface area contributed by atoms with Crippen molar-refractivity contribution in [3.05, 3.63) is 29.6 Å². The maximum absolute atomic E-state index is 14.0. The molecule has 0 aromatic heterocycles. The fourth-order valence-corrected chi connectivity index (χ4v) is 3.02. The van der Waals surface area contributed by atoms with Gasteiger partial charge in [0.05, 0.1) is 6.04 Å². The fraction of sp³-hybridized carbons (Fsp3) is 0.429. The summed E-state index contributed by atoms with van der Waals surface area (Å²) in [7, 11) is 0. The molecule has 0 bridgehead atoms. The van der Waals surface area contributed by atoms with Crippen molar-refractivity contribution < 1.29 is 4.39 Å². The standard InChI is InChI=1S/C14H18FN3S4/c15-10-5-9(6-11(7-10)18-3-1-2-4-18)12(17-14(21)22)8-16-13(19)20/h5-7,12H,1-4,8H2,(H2,16,19,20)(H2,17,21,22). The molecule has 0 radical (unpaired) electrons. The molecule has 0 spiro atoms. The van der Waals surface area contributed by atoms with Crippen LogP contribution in [0.25, 0.3) is 0 Å². The van der Waals surface area contributed by atoms with Crippen LogP contribution in [0, 0.1) is 5.82 Å². The number of benzene rings is 1. The fourth-order valence-electron chi connectivity index (χ4n) is 2.55. The molecule has 22 heavy (non-hydrogen) atoms. The normalized spacial score (nSPS) is 15.5. The first kappa shape index (κ1) is 17.8. The molecule has 8 heteroatoms. The lowest BCUT2D eigenvalue weighted by atomic mass is 10.1. The number of hydrogen-bond donors (Lipinski definition) is 4. The van der Waals surface area contributed by atoms with Gasteiger partial charge in [0.15, 0.2) is 0 Å². The Hall–Kier alpha value is -0.570. The first-order valence-electron chi connectivity index (χ1n) is 6.97. The van der Waals surface area contributed by atoms with Crippen LogP contribution in [-0.2, 0) is 0 Å². The molecule has 2 rings (SSSR count). The second kappa shape index (κ2) is 8.33. The summed E-state index contributed by atoms with van der Waals surface area (Å²) in [5.74, 6) is -0.260. The molecule has 1 heterocycles. The number of thiocarbonyl (C=S) groups is 2. The van der Waals surface area contributed by atoms with E-state index in [1.807, 2.05) is 6.07 Å². The van der Waals surface area contributed by atoms with Gasteiger partial charge in [0.25, 0.3) is 0 Å². The van der Waals surface area contributed by atoms with E-state index in [0.717, 1.165) is 37.2 Å². The van der Waals surface area contributed by atoms with E-state index in [-0.39, 0.29) is 11.9 Å². The van der Waals surface area contributed by atoms with Crippen molar-refractivity contribution in [3.8, 4) is 0 Å². The smallest absolute Gasteiger partial charge is 0.131 e. The number of rotatable bonds is 5. The van der Waals surface area contributed by atoms with Gasteiger partial charge in [0.1, 0.15) is 14.5 Å². The molecule has 2 N–H and O–H groups in total. The van der Waals surface area contributed by atoms with Crippen LogP contribution >= 0.6 is 49.7 Å². The second-order valence-corrected chi connectivity index (χ2v) is 7.44. The highest BCUT2D eigenvalue weighted by atomic mass is 32.1. The van der Waals surface area contributed by atoms with Gasteiger partial charge in [-0.1, -0.05) is 24.4 Å². The maximum Gasteiger partial charge on any atom is 0.131 e. The summed E-state index contributed by atoms with van der Waals surface area (Å²) in [6.07, 6.45) is 2.29. The molecule has 1 atom stereocenters. The molecule has 120 valence electrons. The molecule has 1 saturated heterocycles. The van der Waals surface area contributed by atoms with Crippen molar-refractivity contribution in [2.75, 3.05) is 24.5 Å². The van der Waals surface area contributed by atoms with Crippen LogP contribution in [0.2, 0.25) is 0 Å². The molecule has 1 aliphatic rings. The van der Waals surface area contributed by atoms with E-state index >= 15 is 0 Å². The molecule has 0 saturated carbocycles. The molecule has 1 aliphatic heterocycles. The third-order valence-corrected chi connectivity index (χ3v) is 4.08. The number of nitrogens with one attached hydrogen (secondary N) is 2. The highest BCUT2D eigenvalue weighted by Crippen LogP contribution is 2.26. The zero-order chi connectivity index (χ0) is 16.1. The lowest BCUT2D eigenvalue weighted by molar-refractivity contribution is 0.603. The van der Waals surface area contributed by atoms with Crippen molar-refractivity contribution in [1.82, 2.24) is 10.6 Å². The van der Waals surface area contributed by atoms with Gasteiger partial charge in [-0.3, -0.25) is 0 Å². The summed E-state index contributed by atoms with van der Waals surface area (Å²) in [5.41, 5.74) is 1.70. The Kier molecular flexibility index (Phi) is 6.73. The number of halogens is 1. The van der Waals surface area contributed by atoms with E-state index in [9.17, 15) is 4.39 Å². The lowest BCUT2D eigenvalue weighted by Gasteiger charge is -2.23. The number of hydrogen-bond acceptors (Lipinski definition) is 3. The third-order valence-electron chi connectivity index (χ3n) is 3.53. The van der Waals surface area contributed by atoms with Crippen molar-refractivity contribution >= 4 is 64.0 Å². The number of thiol groups is 2. The molecular formula is C14H18FN3S4. The predicted molar refractivity (Wildman–Crippen MR) is 105 cm³/mol. The highest BCUT2D eigenvalue weighted by molar-refractivity contribution is 8.11. The average Bonchev–Trinajstić information content (AvgIpc) is 2.96. The molecule has 0 amide bonds. The second-order valence-electron chi connectivity index (χ2n) is 5.13. The molecular weight excluding hydrogens is 357 g/mol. The minimum Gasteiger partial charge on any atom is -0.371 e. The van der Waals surface area contributed by atoms with Crippen LogP contribution in [0.15, 0.2) is 18.2 Å². The minimum absolute atomic E-state index is 0.229. The van der Waals surface area contributed by atoms with Crippen molar-refractivity contribution in [2.24, 2.45) is 0 Å². The summed E-state index contributed by atoms with van der Waals surface area (Å²) in [6, 6.07) is 4.84. The Morgan fingerprint density at radius 3 is 2.45 bits per heavy atom. The quantitative estimate of drug-likeness (QED) is 0.469. The third kappa shape index (κ3) is 5.26. The summed E-state index contributed by atoms with van der Waals surface area (Å²) >= 11 is 18.1. The summed E-state index contributed by atoms with van der Waals surface area (Å²) in [6.45, 7) is 2.38.